The molecule has 5 atom stereocenters. The molecule has 2 fully saturated rings. The van der Waals surface area contributed by atoms with E-state index in [2.05, 4.69) is 24.5 Å². The molecular formula is C50H64N4O14. The zero-order valence-electron chi connectivity index (χ0n) is 40.3. The molecule has 68 heavy (non-hydrogen) atoms. The van der Waals surface area contributed by atoms with E-state index in [1.54, 1.807) is 53.7 Å². The Morgan fingerprint density at radius 1 is 0.603 bits per heavy atom. The van der Waals surface area contributed by atoms with Crippen molar-refractivity contribution >= 4 is 35.6 Å². The van der Waals surface area contributed by atoms with Crippen molar-refractivity contribution in [1.29, 1.82) is 0 Å². The third-order valence-corrected chi connectivity index (χ3v) is 12.8. The van der Waals surface area contributed by atoms with Crippen LogP contribution in [-0.2, 0) is 38.0 Å². The molecule has 2 aliphatic carbocycles. The maximum absolute atomic E-state index is 13.7. The number of esters is 2. The van der Waals surface area contributed by atoms with Gasteiger partial charge in [-0.15, -0.1) is 0 Å². The normalized spacial score (nSPS) is 23.8. The lowest BCUT2D eigenvalue weighted by molar-refractivity contribution is -0.385. The minimum Gasteiger partial charge on any atom is -0.463 e. The van der Waals surface area contributed by atoms with Gasteiger partial charge in [-0.25, -0.2) is 19.2 Å². The van der Waals surface area contributed by atoms with E-state index in [1.807, 2.05) is 6.92 Å². The van der Waals surface area contributed by atoms with Gasteiger partial charge in [-0.05, 0) is 83.3 Å². The van der Waals surface area contributed by atoms with Gasteiger partial charge in [-0.3, -0.25) is 20.2 Å². The van der Waals surface area contributed by atoms with Gasteiger partial charge in [0.05, 0.1) is 57.4 Å². The quantitative estimate of drug-likeness (QED) is 0.0822. The molecule has 6 rings (SSSR count). The van der Waals surface area contributed by atoms with E-state index in [0.29, 0.717) is 46.8 Å². The Kier molecular flexibility index (Phi) is 18.3. The largest absolute Gasteiger partial charge is 0.513 e. The summed E-state index contributed by atoms with van der Waals surface area (Å²) < 4.78 is 33.7. The highest BCUT2D eigenvalue weighted by atomic mass is 16.7. The lowest BCUT2D eigenvalue weighted by Crippen LogP contribution is -2.37. The number of nitrogens with one attached hydrogen (secondary N) is 2. The number of benzene rings is 2. The lowest BCUT2D eigenvalue weighted by atomic mass is 9.81. The molecule has 0 radical (unpaired) electrons. The number of dihydropyridines is 2. The third kappa shape index (κ3) is 13.2. The molecule has 0 aromatic heterocycles. The zero-order chi connectivity index (χ0) is 49.8. The second-order valence-corrected chi connectivity index (χ2v) is 18.0. The highest BCUT2D eigenvalue weighted by molar-refractivity contribution is 5.93. The van der Waals surface area contributed by atoms with Crippen LogP contribution in [-0.4, -0.2) is 60.0 Å². The molecule has 368 valence electrons. The van der Waals surface area contributed by atoms with Crippen molar-refractivity contribution in [2.75, 3.05) is 19.8 Å². The van der Waals surface area contributed by atoms with E-state index < -0.39 is 58.0 Å². The second-order valence-electron chi connectivity index (χ2n) is 18.0. The average Bonchev–Trinajstić information content (AvgIpc) is 3.29. The van der Waals surface area contributed by atoms with E-state index in [4.69, 9.17) is 28.4 Å². The fraction of sp³-hybridized carbons (Fsp3) is 0.520. The third-order valence-electron chi connectivity index (χ3n) is 12.8. The van der Waals surface area contributed by atoms with Crippen LogP contribution in [0.5, 0.6) is 0 Å². The number of hydrogen-bond acceptors (Lipinski definition) is 16. The summed E-state index contributed by atoms with van der Waals surface area (Å²) in [5, 5.41) is 29.4. The molecule has 0 amide bonds. The van der Waals surface area contributed by atoms with E-state index in [0.717, 1.165) is 18.3 Å². The topological polar surface area (TPSA) is 234 Å². The lowest BCUT2D eigenvalue weighted by Gasteiger charge is -2.34. The summed E-state index contributed by atoms with van der Waals surface area (Å²) in [6.07, 6.45) is 4.47. The molecule has 2 aliphatic heterocycles. The summed E-state index contributed by atoms with van der Waals surface area (Å²) in [5.74, 6) is -1.96. The van der Waals surface area contributed by atoms with Gasteiger partial charge in [0.15, 0.2) is 0 Å². The molecule has 2 heterocycles. The Balaban J connectivity index is 0.000000976. The molecule has 18 heteroatoms. The van der Waals surface area contributed by atoms with Crippen molar-refractivity contribution in [1.82, 2.24) is 10.6 Å². The zero-order valence-corrected chi connectivity index (χ0v) is 40.3. The molecule has 2 N–H and O–H groups in total. The van der Waals surface area contributed by atoms with Crippen LogP contribution in [0.2, 0.25) is 0 Å². The van der Waals surface area contributed by atoms with Crippen molar-refractivity contribution in [3.63, 3.8) is 0 Å². The number of nitro groups is 2. The molecule has 0 spiro atoms. The fourth-order valence-electron chi connectivity index (χ4n) is 9.14. The number of hydrogen-bond donors (Lipinski definition) is 2. The number of rotatable bonds is 13. The molecule has 18 nitrogen and oxygen atoms in total. The molecule has 4 aliphatic rings. The first-order valence-electron chi connectivity index (χ1n) is 23.3. The van der Waals surface area contributed by atoms with Crippen LogP contribution >= 0.6 is 0 Å². The van der Waals surface area contributed by atoms with E-state index in [1.165, 1.54) is 62.1 Å². The minimum absolute atomic E-state index is 0.0242. The molecule has 0 saturated heterocycles. The van der Waals surface area contributed by atoms with Crippen molar-refractivity contribution in [2.45, 2.75) is 125 Å². The first-order valence-corrected chi connectivity index (χ1v) is 23.3. The van der Waals surface area contributed by atoms with Crippen LogP contribution in [0, 0.1) is 43.9 Å². The highest BCUT2D eigenvalue weighted by Gasteiger charge is 2.41. The van der Waals surface area contributed by atoms with E-state index >= 15 is 0 Å². The van der Waals surface area contributed by atoms with Crippen LogP contribution in [0.25, 0.3) is 0 Å². The number of non-ortho nitro benzene ring substituents is 2. The summed E-state index contributed by atoms with van der Waals surface area (Å²) >= 11 is 0. The summed E-state index contributed by atoms with van der Waals surface area (Å²) in [7, 11) is 0. The summed E-state index contributed by atoms with van der Waals surface area (Å²) in [6, 6.07) is 11.3. The number of nitro benzene ring substituents is 2. The Morgan fingerprint density at radius 3 is 1.46 bits per heavy atom. The summed E-state index contributed by atoms with van der Waals surface area (Å²) in [5.41, 5.74) is 1.83. The maximum Gasteiger partial charge on any atom is 0.513 e. The fourth-order valence-corrected chi connectivity index (χ4v) is 9.14. The molecule has 0 bridgehead atoms. The second kappa shape index (κ2) is 23.8. The summed E-state index contributed by atoms with van der Waals surface area (Å²) in [4.78, 5) is 75.8. The van der Waals surface area contributed by atoms with Gasteiger partial charge >= 0.3 is 24.2 Å². The minimum atomic E-state index is -1.13. The van der Waals surface area contributed by atoms with Gasteiger partial charge in [-0.1, -0.05) is 77.1 Å². The standard InChI is InChI=1S/C42H48N4O14.C8H16/c1-8-55-39(47)33-23(4)43-25(6)37(35(33)27-12-10-14-30(19-27)45(51)52)59-41(49)57-21-29-17-16-22(3)18-32(29)58-42(50)60-38-26(7)44-24(5)34(40(48)56-9-2)36(38)28-13-11-15-31(20-28)46(53)54;1-7-3-5-8(2)6-4-7/h10-15,19-20,22,29,32,35-36,43-44H,8-9,16-18,21H2,1-7H3;7-8H,3-6H2,1-2H3. The van der Waals surface area contributed by atoms with Gasteiger partial charge in [-0.2, -0.15) is 0 Å². The van der Waals surface area contributed by atoms with Crippen LogP contribution in [0.1, 0.15) is 130 Å². The van der Waals surface area contributed by atoms with Crippen LogP contribution in [0.3, 0.4) is 0 Å². The molecule has 2 saturated carbocycles. The first kappa shape index (κ1) is 52.3. The number of carbonyl (C=O) groups is 4. The molecule has 2 aromatic rings. The van der Waals surface area contributed by atoms with Crippen LogP contribution in [0.4, 0.5) is 21.0 Å². The van der Waals surface area contributed by atoms with Gasteiger partial charge < -0.3 is 39.1 Å². The van der Waals surface area contributed by atoms with Crippen molar-refractivity contribution < 1.29 is 57.4 Å². The Bertz CT molecular complexity index is 2350. The van der Waals surface area contributed by atoms with Gasteiger partial charge in [0.25, 0.3) is 11.4 Å². The van der Waals surface area contributed by atoms with Gasteiger partial charge in [0.2, 0.25) is 0 Å². The Labute approximate surface area is 396 Å². The predicted molar refractivity (Wildman–Crippen MR) is 249 cm³/mol. The maximum atomic E-state index is 13.7. The monoisotopic (exact) mass is 944 g/mol. The summed E-state index contributed by atoms with van der Waals surface area (Å²) in [6.45, 7) is 16.4. The smallest absolute Gasteiger partial charge is 0.463 e. The Morgan fingerprint density at radius 2 is 1.03 bits per heavy atom. The molecule has 5 unspecified atom stereocenters. The van der Waals surface area contributed by atoms with Crippen molar-refractivity contribution in [2.24, 2.45) is 23.7 Å². The average molecular weight is 945 g/mol. The number of nitrogens with zero attached hydrogens (tertiary/aromatic N) is 2. The predicted octanol–water partition coefficient (Wildman–Crippen LogP) is 10.7. The van der Waals surface area contributed by atoms with Crippen molar-refractivity contribution in [3.05, 3.63) is 125 Å². The van der Waals surface area contributed by atoms with Crippen molar-refractivity contribution in [3.8, 4) is 0 Å². The Hall–Kier alpha value is -6.72. The van der Waals surface area contributed by atoms with Crippen LogP contribution in [0.15, 0.2) is 94.0 Å². The van der Waals surface area contributed by atoms with Crippen LogP contribution < -0.4 is 10.6 Å². The molecule has 2 aromatic carbocycles. The van der Waals surface area contributed by atoms with Gasteiger partial charge in [0.1, 0.15) is 24.2 Å². The number of allylic oxidation sites excluding steroid dienone is 6. The highest BCUT2D eigenvalue weighted by Crippen LogP contribution is 2.43. The van der Waals surface area contributed by atoms with Gasteiger partial charge in [0, 0.05) is 41.6 Å². The SMILES string of the molecule is CC1CCC(C)CC1.CCOC(=O)C1=C(C)NC(C)=C(OC(=O)OCC2CCC(C)CC2OC(=O)OC2=C(C)NC(C)=C(C(=O)OCC)C2c2cccc([N+](=O)[O-])c2)C1c1cccc([N+](=O)[O-])c1. The van der Waals surface area contributed by atoms with E-state index in [-0.39, 0.29) is 59.8 Å². The van der Waals surface area contributed by atoms with E-state index in [9.17, 15) is 39.4 Å². The first-order chi connectivity index (χ1) is 32.3. The number of ether oxygens (including phenoxy) is 6. The number of carbonyl (C=O) groups excluding carboxylic acids is 4. The molecular weight excluding hydrogens is 881 g/mol.